The van der Waals surface area contributed by atoms with Gasteiger partial charge in [-0.15, -0.1) is 0 Å². The van der Waals surface area contributed by atoms with Gasteiger partial charge in [-0.2, -0.15) is 0 Å². The number of aliphatic hydroxyl groups excluding tert-OH is 4. The Bertz CT molecular complexity index is 923. The molecule has 1 aliphatic heterocycles. The Balaban J connectivity index is 2.36. The van der Waals surface area contributed by atoms with Crippen molar-refractivity contribution in [1.82, 2.24) is 0 Å². The second-order valence-corrected chi connectivity index (χ2v) is 14.8. The number of allylic oxidation sites excluding steroid dienone is 4. The van der Waals surface area contributed by atoms with Crippen LogP contribution in [0.2, 0.25) is 0 Å². The average molecular weight is 755 g/mol. The van der Waals surface area contributed by atoms with E-state index in [1.807, 2.05) is 0 Å². The molecule has 0 aromatic rings. The molecule has 4 N–H and O–H groups in total. The molecule has 1 heterocycles. The van der Waals surface area contributed by atoms with E-state index in [-0.39, 0.29) is 32.0 Å². The summed E-state index contributed by atoms with van der Waals surface area (Å²) in [5.74, 6) is -0.818. The Hall–Kier alpha value is -1.82. The molecule has 1 saturated heterocycles. The van der Waals surface area contributed by atoms with Gasteiger partial charge in [-0.1, -0.05) is 147 Å². The summed E-state index contributed by atoms with van der Waals surface area (Å²) in [4.78, 5) is 25.2. The summed E-state index contributed by atoms with van der Waals surface area (Å²) in [5, 5.41) is 40.0. The summed E-state index contributed by atoms with van der Waals surface area (Å²) in [6.45, 7) is 3.38. The molecule has 0 aliphatic carbocycles. The number of esters is 2. The molecule has 0 bridgehead atoms. The highest BCUT2D eigenvalue weighted by Crippen LogP contribution is 2.22. The Morgan fingerprint density at radius 2 is 1.06 bits per heavy atom. The van der Waals surface area contributed by atoms with Gasteiger partial charge in [0, 0.05) is 12.8 Å². The van der Waals surface area contributed by atoms with Gasteiger partial charge in [0.1, 0.15) is 31.0 Å². The first-order chi connectivity index (χ1) is 25.8. The highest BCUT2D eigenvalue weighted by atomic mass is 16.7. The summed E-state index contributed by atoms with van der Waals surface area (Å²) < 4.78 is 22.1. The number of rotatable bonds is 35. The molecule has 0 spiro atoms. The third kappa shape index (κ3) is 26.6. The fourth-order valence-electron chi connectivity index (χ4n) is 6.39. The topological polar surface area (TPSA) is 152 Å². The summed E-state index contributed by atoms with van der Waals surface area (Å²) >= 11 is 0. The number of hydrogen-bond donors (Lipinski definition) is 4. The van der Waals surface area contributed by atoms with E-state index < -0.39 is 49.4 Å². The molecule has 310 valence electrons. The normalized spacial score (nSPS) is 21.1. The zero-order chi connectivity index (χ0) is 38.8. The third-order valence-electron chi connectivity index (χ3n) is 9.84. The maximum atomic E-state index is 12.7. The molecular weight excluding hydrogens is 676 g/mol. The molecule has 1 fully saturated rings. The Morgan fingerprint density at radius 3 is 1.60 bits per heavy atom. The van der Waals surface area contributed by atoms with Crippen LogP contribution in [0.25, 0.3) is 0 Å². The van der Waals surface area contributed by atoms with Gasteiger partial charge in [-0.05, 0) is 44.9 Å². The van der Waals surface area contributed by atoms with Crippen molar-refractivity contribution in [2.45, 2.75) is 218 Å². The van der Waals surface area contributed by atoms with Crippen molar-refractivity contribution in [3.63, 3.8) is 0 Å². The van der Waals surface area contributed by atoms with Crippen molar-refractivity contribution < 1.29 is 49.0 Å². The van der Waals surface area contributed by atoms with Crippen LogP contribution in [0.5, 0.6) is 0 Å². The minimum atomic E-state index is -1.59. The fourth-order valence-corrected chi connectivity index (χ4v) is 6.39. The first-order valence-electron chi connectivity index (χ1n) is 21.4. The summed E-state index contributed by atoms with van der Waals surface area (Å²) in [7, 11) is 0. The van der Waals surface area contributed by atoms with Gasteiger partial charge in [-0.3, -0.25) is 9.59 Å². The average Bonchev–Trinajstić information content (AvgIpc) is 3.15. The number of aliphatic hydroxyl groups is 4. The standard InChI is InChI=1S/C43H78O10/c1-3-5-7-9-11-13-15-17-18-20-22-24-26-28-30-32-39(46)52-36(35-51-43-42(49)41(48)40(47)37(33-44)53-43)34-50-38(45)31-29-27-25-23-21-19-16-14-12-10-8-6-4-2/h11,13,17-18,36-37,40-44,47-49H,3-10,12,14-16,19-35H2,1-2H3/b13-11+,18-17+/t36-,37-,40+,41?,42?,43-/m1/s1. The highest BCUT2D eigenvalue weighted by Gasteiger charge is 2.44. The first kappa shape index (κ1) is 49.2. The lowest BCUT2D eigenvalue weighted by Crippen LogP contribution is -2.59. The summed E-state index contributed by atoms with van der Waals surface area (Å²) in [6.07, 6.45) is 28.9. The number of ether oxygens (including phenoxy) is 4. The van der Waals surface area contributed by atoms with Crippen LogP contribution in [-0.2, 0) is 28.5 Å². The smallest absolute Gasteiger partial charge is 0.306 e. The summed E-state index contributed by atoms with van der Waals surface area (Å²) in [6, 6.07) is 0. The lowest BCUT2D eigenvalue weighted by molar-refractivity contribution is -0.305. The van der Waals surface area contributed by atoms with Gasteiger partial charge < -0.3 is 39.4 Å². The molecule has 53 heavy (non-hydrogen) atoms. The molecule has 1 aliphatic rings. The van der Waals surface area contributed by atoms with E-state index in [1.165, 1.54) is 89.9 Å². The number of hydrogen-bond acceptors (Lipinski definition) is 10. The van der Waals surface area contributed by atoms with Gasteiger partial charge in [0.05, 0.1) is 13.2 Å². The summed E-state index contributed by atoms with van der Waals surface area (Å²) in [5.41, 5.74) is 0. The molecule has 1 rings (SSSR count). The van der Waals surface area contributed by atoms with E-state index >= 15 is 0 Å². The van der Waals surface area contributed by atoms with Crippen molar-refractivity contribution in [3.05, 3.63) is 24.3 Å². The molecule has 0 saturated carbocycles. The van der Waals surface area contributed by atoms with Crippen LogP contribution in [-0.4, -0.2) is 89.0 Å². The molecule has 10 nitrogen and oxygen atoms in total. The fraction of sp³-hybridized carbons (Fsp3) is 0.860. The van der Waals surface area contributed by atoms with Crippen molar-refractivity contribution in [2.24, 2.45) is 0 Å². The van der Waals surface area contributed by atoms with Gasteiger partial charge in [0.25, 0.3) is 0 Å². The van der Waals surface area contributed by atoms with E-state index in [4.69, 9.17) is 18.9 Å². The van der Waals surface area contributed by atoms with Crippen molar-refractivity contribution in [2.75, 3.05) is 19.8 Å². The first-order valence-corrected chi connectivity index (χ1v) is 21.4. The maximum Gasteiger partial charge on any atom is 0.306 e. The number of unbranched alkanes of at least 4 members (excludes halogenated alkanes) is 20. The molecule has 0 aromatic carbocycles. The Kier molecular flexibility index (Phi) is 32.2. The van der Waals surface area contributed by atoms with E-state index in [2.05, 4.69) is 38.2 Å². The second kappa shape index (κ2) is 34.7. The van der Waals surface area contributed by atoms with Crippen LogP contribution >= 0.6 is 0 Å². The second-order valence-electron chi connectivity index (χ2n) is 14.8. The van der Waals surface area contributed by atoms with Gasteiger partial charge in [0.15, 0.2) is 12.4 Å². The minimum absolute atomic E-state index is 0.216. The Morgan fingerprint density at radius 1 is 0.585 bits per heavy atom. The monoisotopic (exact) mass is 755 g/mol. The predicted molar refractivity (Wildman–Crippen MR) is 210 cm³/mol. The molecule has 0 aromatic heterocycles. The zero-order valence-corrected chi connectivity index (χ0v) is 33.5. The van der Waals surface area contributed by atoms with E-state index in [9.17, 15) is 30.0 Å². The van der Waals surface area contributed by atoms with E-state index in [0.29, 0.717) is 6.42 Å². The quantitative estimate of drug-likeness (QED) is 0.0281. The lowest BCUT2D eigenvalue weighted by Gasteiger charge is -2.39. The van der Waals surface area contributed by atoms with Crippen LogP contribution in [0.1, 0.15) is 181 Å². The third-order valence-corrected chi connectivity index (χ3v) is 9.84. The van der Waals surface area contributed by atoms with E-state index in [1.54, 1.807) is 0 Å². The maximum absolute atomic E-state index is 12.7. The minimum Gasteiger partial charge on any atom is -0.462 e. The van der Waals surface area contributed by atoms with Crippen molar-refractivity contribution in [1.29, 1.82) is 0 Å². The van der Waals surface area contributed by atoms with Crippen LogP contribution in [0.15, 0.2) is 24.3 Å². The molecule has 0 amide bonds. The predicted octanol–water partition coefficient (Wildman–Crippen LogP) is 8.55. The van der Waals surface area contributed by atoms with Gasteiger partial charge in [-0.25, -0.2) is 0 Å². The van der Waals surface area contributed by atoms with Crippen molar-refractivity contribution in [3.8, 4) is 0 Å². The van der Waals surface area contributed by atoms with E-state index in [0.717, 1.165) is 57.8 Å². The molecule has 0 radical (unpaired) electrons. The Labute approximate surface area is 322 Å². The highest BCUT2D eigenvalue weighted by molar-refractivity contribution is 5.70. The molecule has 10 heteroatoms. The van der Waals surface area contributed by atoms with Crippen LogP contribution in [0.4, 0.5) is 0 Å². The van der Waals surface area contributed by atoms with Crippen LogP contribution in [0, 0.1) is 0 Å². The SMILES string of the molecule is CCCCC/C=C/C/C=C/CCCCCCCC(=O)O[C@H](COC(=O)CCCCCCCCCCCCCCC)CO[C@@H]1O[C@H](CO)[C@H](O)C(O)C1O. The number of carbonyl (C=O) groups is 2. The van der Waals surface area contributed by atoms with Crippen LogP contribution in [0.3, 0.4) is 0 Å². The lowest BCUT2D eigenvalue weighted by atomic mass is 9.99. The zero-order valence-electron chi connectivity index (χ0n) is 33.5. The largest absolute Gasteiger partial charge is 0.462 e. The van der Waals surface area contributed by atoms with Gasteiger partial charge >= 0.3 is 11.9 Å². The number of carbonyl (C=O) groups excluding carboxylic acids is 2. The molecule has 2 unspecified atom stereocenters. The molecular formula is C43H78O10. The van der Waals surface area contributed by atoms with Crippen LogP contribution < -0.4 is 0 Å². The van der Waals surface area contributed by atoms with Gasteiger partial charge in [0.2, 0.25) is 0 Å². The molecule has 6 atom stereocenters. The van der Waals surface area contributed by atoms with Crippen molar-refractivity contribution >= 4 is 11.9 Å².